The van der Waals surface area contributed by atoms with Crippen LogP contribution in [0.5, 0.6) is 0 Å². The van der Waals surface area contributed by atoms with Crippen molar-refractivity contribution in [2.75, 3.05) is 27.2 Å². The summed E-state index contributed by atoms with van der Waals surface area (Å²) in [5, 5.41) is 6.61. The number of carbonyl (C=O) groups is 1. The van der Waals surface area contributed by atoms with Crippen molar-refractivity contribution in [3.63, 3.8) is 0 Å². The summed E-state index contributed by atoms with van der Waals surface area (Å²) in [4.78, 5) is 17.7. The van der Waals surface area contributed by atoms with Crippen molar-refractivity contribution in [2.45, 2.75) is 19.4 Å². The van der Waals surface area contributed by atoms with Crippen LogP contribution >= 0.6 is 0 Å². The topological polar surface area (TPSA) is 69.9 Å². The zero-order valence-electron chi connectivity index (χ0n) is 15.0. The zero-order chi connectivity index (χ0) is 18.1. The minimum absolute atomic E-state index is 0.0421. The van der Waals surface area contributed by atoms with Crippen LogP contribution in [0.25, 0.3) is 0 Å². The van der Waals surface area contributed by atoms with Crippen molar-refractivity contribution >= 4 is 11.9 Å². The van der Waals surface area contributed by atoms with Gasteiger partial charge in [0.05, 0.1) is 12.3 Å². The molecule has 1 unspecified atom stereocenters. The number of benzene rings is 1. The first-order chi connectivity index (χ1) is 12.1. The Hall–Kier alpha value is -2.76. The molecule has 0 fully saturated rings. The largest absolute Gasteiger partial charge is 0.469 e. The highest BCUT2D eigenvalue weighted by atomic mass is 16.3. The van der Waals surface area contributed by atoms with E-state index in [1.54, 1.807) is 20.4 Å². The number of furan rings is 1. The van der Waals surface area contributed by atoms with Gasteiger partial charge in [0.1, 0.15) is 12.3 Å². The number of nitrogens with zero attached hydrogens (tertiary/aromatic N) is 2. The number of guanidine groups is 1. The van der Waals surface area contributed by atoms with E-state index >= 15 is 0 Å². The molecule has 2 aromatic rings. The molecule has 0 aliphatic heterocycles. The van der Waals surface area contributed by atoms with Gasteiger partial charge in [-0.15, -0.1) is 0 Å². The lowest BCUT2D eigenvalue weighted by Crippen LogP contribution is -2.40. The maximum absolute atomic E-state index is 11.8. The van der Waals surface area contributed by atoms with Gasteiger partial charge in [-0.25, -0.2) is 4.99 Å². The van der Waals surface area contributed by atoms with Crippen LogP contribution in [0.1, 0.15) is 24.3 Å². The SMILES string of the molecule is CC(NC(=NCC(=O)N(C)C)NCCc1ccco1)c1ccccc1. The van der Waals surface area contributed by atoms with Crippen molar-refractivity contribution in [3.8, 4) is 0 Å². The van der Waals surface area contributed by atoms with E-state index in [-0.39, 0.29) is 18.5 Å². The van der Waals surface area contributed by atoms with Crippen LogP contribution in [0.2, 0.25) is 0 Å². The van der Waals surface area contributed by atoms with Crippen LogP contribution in [-0.2, 0) is 11.2 Å². The minimum atomic E-state index is -0.0421. The third-order valence-electron chi connectivity index (χ3n) is 3.77. The van der Waals surface area contributed by atoms with Gasteiger partial charge in [-0.1, -0.05) is 30.3 Å². The maximum atomic E-state index is 11.8. The molecule has 1 aromatic heterocycles. The third-order valence-corrected chi connectivity index (χ3v) is 3.77. The molecular weight excluding hydrogens is 316 g/mol. The lowest BCUT2D eigenvalue weighted by atomic mass is 10.1. The number of amides is 1. The molecule has 6 nitrogen and oxygen atoms in total. The summed E-state index contributed by atoms with van der Waals surface area (Å²) < 4.78 is 5.33. The molecule has 0 spiro atoms. The van der Waals surface area contributed by atoms with Crippen LogP contribution in [0, 0.1) is 0 Å². The molecule has 0 radical (unpaired) electrons. The highest BCUT2D eigenvalue weighted by Crippen LogP contribution is 2.10. The molecular formula is C19H26N4O2. The van der Waals surface area contributed by atoms with Gasteiger partial charge in [0.2, 0.25) is 5.91 Å². The van der Waals surface area contributed by atoms with Gasteiger partial charge in [-0.3, -0.25) is 4.79 Å². The van der Waals surface area contributed by atoms with Crippen LogP contribution in [-0.4, -0.2) is 44.0 Å². The minimum Gasteiger partial charge on any atom is -0.469 e. The molecule has 1 heterocycles. The number of likely N-dealkylation sites (N-methyl/N-ethyl adjacent to an activating group) is 1. The van der Waals surface area contributed by atoms with E-state index in [9.17, 15) is 4.79 Å². The number of rotatable bonds is 7. The van der Waals surface area contributed by atoms with Crippen molar-refractivity contribution in [2.24, 2.45) is 4.99 Å². The van der Waals surface area contributed by atoms with Crippen molar-refractivity contribution < 1.29 is 9.21 Å². The Morgan fingerprint density at radius 2 is 1.96 bits per heavy atom. The summed E-state index contributed by atoms with van der Waals surface area (Å²) in [6, 6.07) is 14.0. The van der Waals surface area contributed by atoms with Gasteiger partial charge in [0.25, 0.3) is 0 Å². The molecule has 6 heteroatoms. The molecule has 0 aliphatic rings. The number of carbonyl (C=O) groups excluding carboxylic acids is 1. The van der Waals surface area contributed by atoms with Crippen molar-refractivity contribution in [3.05, 3.63) is 60.1 Å². The van der Waals surface area contributed by atoms with Crippen LogP contribution in [0.4, 0.5) is 0 Å². The van der Waals surface area contributed by atoms with Gasteiger partial charge in [0.15, 0.2) is 5.96 Å². The number of hydrogen-bond donors (Lipinski definition) is 2. The fourth-order valence-corrected chi connectivity index (χ4v) is 2.23. The fraction of sp³-hybridized carbons (Fsp3) is 0.368. The van der Waals surface area contributed by atoms with Crippen molar-refractivity contribution in [1.29, 1.82) is 0 Å². The number of hydrogen-bond acceptors (Lipinski definition) is 3. The Balaban J connectivity index is 1.97. The predicted molar refractivity (Wildman–Crippen MR) is 99.4 cm³/mol. The summed E-state index contributed by atoms with van der Waals surface area (Å²) in [5.41, 5.74) is 1.15. The standard InChI is InChI=1S/C19H26N4O2/c1-15(16-8-5-4-6-9-16)22-19(21-14-18(24)23(2)3)20-12-11-17-10-7-13-25-17/h4-10,13,15H,11-12,14H2,1-3H3,(H2,20,21,22). The van der Waals surface area contributed by atoms with E-state index < -0.39 is 0 Å². The van der Waals surface area contributed by atoms with E-state index in [2.05, 4.69) is 34.7 Å². The molecule has 134 valence electrons. The lowest BCUT2D eigenvalue weighted by Gasteiger charge is -2.19. The molecule has 1 amide bonds. The molecule has 0 aliphatic carbocycles. The van der Waals surface area contributed by atoms with Gasteiger partial charge in [-0.2, -0.15) is 0 Å². The van der Waals surface area contributed by atoms with Gasteiger partial charge in [-0.05, 0) is 24.6 Å². The van der Waals surface area contributed by atoms with E-state index in [0.29, 0.717) is 12.5 Å². The van der Waals surface area contributed by atoms with Gasteiger partial charge >= 0.3 is 0 Å². The monoisotopic (exact) mass is 342 g/mol. The average molecular weight is 342 g/mol. The average Bonchev–Trinajstić information content (AvgIpc) is 3.13. The normalized spacial score (nSPS) is 12.5. The Morgan fingerprint density at radius 3 is 2.60 bits per heavy atom. The molecule has 1 atom stereocenters. The molecule has 1 aromatic carbocycles. The third kappa shape index (κ3) is 6.33. The Kier molecular flexibility index (Phi) is 7.07. The first-order valence-corrected chi connectivity index (χ1v) is 8.38. The first kappa shape index (κ1) is 18.6. The molecule has 2 rings (SSSR count). The summed E-state index contributed by atoms with van der Waals surface area (Å²) >= 11 is 0. The van der Waals surface area contributed by atoms with E-state index in [0.717, 1.165) is 17.7 Å². The Bertz CT molecular complexity index is 666. The summed E-state index contributed by atoms with van der Waals surface area (Å²) in [6.07, 6.45) is 2.41. The van der Waals surface area contributed by atoms with E-state index in [1.165, 1.54) is 4.90 Å². The highest BCUT2D eigenvalue weighted by molar-refractivity contribution is 5.85. The predicted octanol–water partition coefficient (Wildman–Crippen LogP) is 2.21. The number of nitrogens with one attached hydrogen (secondary N) is 2. The first-order valence-electron chi connectivity index (χ1n) is 8.38. The second-order valence-electron chi connectivity index (χ2n) is 5.99. The molecule has 0 bridgehead atoms. The second-order valence-corrected chi connectivity index (χ2v) is 5.99. The highest BCUT2D eigenvalue weighted by Gasteiger charge is 2.09. The van der Waals surface area contributed by atoms with Crippen LogP contribution < -0.4 is 10.6 Å². The van der Waals surface area contributed by atoms with E-state index in [1.807, 2.05) is 30.3 Å². The second kappa shape index (κ2) is 9.52. The van der Waals surface area contributed by atoms with E-state index in [4.69, 9.17) is 4.42 Å². The van der Waals surface area contributed by atoms with Crippen molar-refractivity contribution in [1.82, 2.24) is 15.5 Å². The molecule has 0 saturated heterocycles. The van der Waals surface area contributed by atoms with Crippen LogP contribution in [0.3, 0.4) is 0 Å². The molecule has 25 heavy (non-hydrogen) atoms. The zero-order valence-corrected chi connectivity index (χ0v) is 15.0. The summed E-state index contributed by atoms with van der Waals surface area (Å²) in [5.74, 6) is 1.48. The van der Waals surface area contributed by atoms with Gasteiger partial charge < -0.3 is 20.0 Å². The molecule has 2 N–H and O–H groups in total. The summed E-state index contributed by atoms with van der Waals surface area (Å²) in [7, 11) is 3.45. The Morgan fingerprint density at radius 1 is 1.20 bits per heavy atom. The quantitative estimate of drug-likeness (QED) is 0.598. The number of aliphatic imine (C=N–C) groups is 1. The molecule has 0 saturated carbocycles. The fourth-order valence-electron chi connectivity index (χ4n) is 2.23. The van der Waals surface area contributed by atoms with Crippen LogP contribution in [0.15, 0.2) is 58.1 Å². The van der Waals surface area contributed by atoms with Gasteiger partial charge in [0, 0.05) is 27.1 Å². The Labute approximate surface area is 148 Å². The summed E-state index contributed by atoms with van der Waals surface area (Å²) in [6.45, 7) is 2.83. The smallest absolute Gasteiger partial charge is 0.243 e. The maximum Gasteiger partial charge on any atom is 0.243 e. The lowest BCUT2D eigenvalue weighted by molar-refractivity contribution is -0.127.